The average molecular weight is 284 g/mol. The van der Waals surface area contributed by atoms with Gasteiger partial charge in [-0.3, -0.25) is 0 Å². The Morgan fingerprint density at radius 1 is 1.10 bits per heavy atom. The van der Waals surface area contributed by atoms with Crippen LogP contribution in [0.5, 0.6) is 11.5 Å². The highest BCUT2D eigenvalue weighted by molar-refractivity contribution is 5.33. The Bertz CT molecular complexity index is 499. The summed E-state index contributed by atoms with van der Waals surface area (Å²) in [5.41, 5.74) is 0.920. The van der Waals surface area contributed by atoms with Gasteiger partial charge >= 0.3 is 6.36 Å². The maximum Gasteiger partial charge on any atom is 0.573 e. The molecular formula is C15H15F3O2. The Hall–Kier alpha value is -2.17. The molecule has 1 rings (SSSR count). The lowest BCUT2D eigenvalue weighted by molar-refractivity contribution is -0.274. The monoisotopic (exact) mass is 284 g/mol. The Labute approximate surface area is 115 Å². The Morgan fingerprint density at radius 3 is 2.15 bits per heavy atom. The highest BCUT2D eigenvalue weighted by Gasteiger charge is 2.30. The van der Waals surface area contributed by atoms with E-state index in [-0.39, 0.29) is 5.75 Å². The molecule has 0 N–H and O–H groups in total. The zero-order chi connectivity index (χ0) is 15.2. The second-order valence-corrected chi connectivity index (χ2v) is 3.93. The third-order valence-electron chi connectivity index (χ3n) is 2.27. The van der Waals surface area contributed by atoms with Crippen LogP contribution in [0.2, 0.25) is 0 Å². The number of rotatable bonds is 6. The molecule has 1 aromatic carbocycles. The Kier molecular flexibility index (Phi) is 5.43. The SMILES string of the molecule is C=C(/C=C\C(=C)Oc1ccc(OC(F)(F)F)cc1)CC. The molecule has 1 aromatic rings. The molecule has 0 saturated carbocycles. The largest absolute Gasteiger partial charge is 0.573 e. The number of allylic oxidation sites excluding steroid dienone is 3. The van der Waals surface area contributed by atoms with Crippen LogP contribution in [0, 0.1) is 0 Å². The second-order valence-electron chi connectivity index (χ2n) is 3.93. The van der Waals surface area contributed by atoms with Gasteiger partial charge in [0.25, 0.3) is 0 Å². The normalized spacial score (nSPS) is 11.4. The molecule has 20 heavy (non-hydrogen) atoms. The fraction of sp³-hybridized carbons (Fsp3) is 0.200. The van der Waals surface area contributed by atoms with Gasteiger partial charge in [0.2, 0.25) is 0 Å². The first-order valence-corrected chi connectivity index (χ1v) is 5.88. The van der Waals surface area contributed by atoms with E-state index in [1.165, 1.54) is 24.3 Å². The molecule has 0 saturated heterocycles. The van der Waals surface area contributed by atoms with Crippen LogP contribution in [0.15, 0.2) is 60.9 Å². The number of ether oxygens (including phenoxy) is 2. The van der Waals surface area contributed by atoms with Crippen LogP contribution in [0.1, 0.15) is 13.3 Å². The fourth-order valence-corrected chi connectivity index (χ4v) is 1.22. The van der Waals surface area contributed by atoms with Crippen molar-refractivity contribution in [2.24, 2.45) is 0 Å². The molecule has 0 atom stereocenters. The number of hydrogen-bond donors (Lipinski definition) is 0. The lowest BCUT2D eigenvalue weighted by Crippen LogP contribution is -2.16. The summed E-state index contributed by atoms with van der Waals surface area (Å²) >= 11 is 0. The van der Waals surface area contributed by atoms with Crippen molar-refractivity contribution in [3.05, 3.63) is 60.9 Å². The minimum Gasteiger partial charge on any atom is -0.458 e. The van der Waals surface area contributed by atoms with Crippen molar-refractivity contribution in [1.82, 2.24) is 0 Å². The van der Waals surface area contributed by atoms with Gasteiger partial charge in [0.15, 0.2) is 0 Å². The number of halogens is 3. The lowest BCUT2D eigenvalue weighted by Gasteiger charge is -2.10. The molecule has 0 aromatic heterocycles. The van der Waals surface area contributed by atoms with Crippen LogP contribution in [0.3, 0.4) is 0 Å². The zero-order valence-electron chi connectivity index (χ0n) is 11.0. The molecule has 0 aliphatic carbocycles. The molecule has 0 radical (unpaired) electrons. The van der Waals surface area contributed by atoms with Gasteiger partial charge in [0.05, 0.1) is 0 Å². The summed E-state index contributed by atoms with van der Waals surface area (Å²) in [6.45, 7) is 9.44. The van der Waals surface area contributed by atoms with Crippen molar-refractivity contribution < 1.29 is 22.6 Å². The van der Waals surface area contributed by atoms with Crippen LogP contribution in [0.25, 0.3) is 0 Å². The van der Waals surface area contributed by atoms with Crippen LogP contribution in [0.4, 0.5) is 13.2 Å². The van der Waals surface area contributed by atoms with E-state index in [0.717, 1.165) is 12.0 Å². The minimum atomic E-state index is -4.70. The van der Waals surface area contributed by atoms with E-state index in [0.29, 0.717) is 11.5 Å². The van der Waals surface area contributed by atoms with Crippen molar-refractivity contribution in [1.29, 1.82) is 0 Å². The highest BCUT2D eigenvalue weighted by atomic mass is 19.4. The molecular weight excluding hydrogens is 269 g/mol. The summed E-state index contributed by atoms with van der Waals surface area (Å²) in [5, 5.41) is 0. The smallest absolute Gasteiger partial charge is 0.458 e. The molecule has 0 amide bonds. The molecule has 0 heterocycles. The standard InChI is InChI=1S/C15H15F3O2/c1-4-11(2)5-6-12(3)19-13-7-9-14(10-8-13)20-15(16,17)18/h5-10H,2-4H2,1H3/b6-5-. The third-order valence-corrected chi connectivity index (χ3v) is 2.27. The van der Waals surface area contributed by atoms with Crippen molar-refractivity contribution in [2.45, 2.75) is 19.7 Å². The van der Waals surface area contributed by atoms with Crippen LogP contribution in [-0.2, 0) is 0 Å². The zero-order valence-corrected chi connectivity index (χ0v) is 11.0. The van der Waals surface area contributed by atoms with Crippen molar-refractivity contribution >= 4 is 0 Å². The fourth-order valence-electron chi connectivity index (χ4n) is 1.22. The van der Waals surface area contributed by atoms with E-state index >= 15 is 0 Å². The average Bonchev–Trinajstić information content (AvgIpc) is 2.36. The Balaban J connectivity index is 2.59. The summed E-state index contributed by atoms with van der Waals surface area (Å²) in [5.74, 6) is 0.436. The minimum absolute atomic E-state index is 0.301. The van der Waals surface area contributed by atoms with Gasteiger partial charge in [-0.05, 0) is 36.8 Å². The maximum atomic E-state index is 12.0. The Morgan fingerprint density at radius 2 is 1.65 bits per heavy atom. The molecule has 2 nitrogen and oxygen atoms in total. The van der Waals surface area contributed by atoms with E-state index < -0.39 is 6.36 Å². The summed E-state index contributed by atoms with van der Waals surface area (Å²) in [6.07, 6.45) is -0.474. The van der Waals surface area contributed by atoms with E-state index in [2.05, 4.69) is 17.9 Å². The molecule has 0 aliphatic heterocycles. The third kappa shape index (κ3) is 6.13. The van der Waals surface area contributed by atoms with Gasteiger partial charge in [0.1, 0.15) is 17.3 Å². The predicted molar refractivity (Wildman–Crippen MR) is 71.5 cm³/mol. The van der Waals surface area contributed by atoms with Crippen molar-refractivity contribution in [3.63, 3.8) is 0 Å². The van der Waals surface area contributed by atoms with Gasteiger partial charge in [-0.25, -0.2) is 0 Å². The van der Waals surface area contributed by atoms with Crippen LogP contribution in [-0.4, -0.2) is 6.36 Å². The topological polar surface area (TPSA) is 18.5 Å². The molecule has 5 heteroatoms. The molecule has 0 unspecified atom stereocenters. The van der Waals surface area contributed by atoms with E-state index in [9.17, 15) is 13.2 Å². The first-order chi connectivity index (χ1) is 9.30. The molecule has 0 fully saturated rings. The number of hydrogen-bond acceptors (Lipinski definition) is 2. The summed E-state index contributed by atoms with van der Waals surface area (Å²) < 4.78 is 45.0. The summed E-state index contributed by atoms with van der Waals surface area (Å²) in [6, 6.07) is 5.08. The van der Waals surface area contributed by atoms with E-state index in [1.807, 2.05) is 6.92 Å². The highest BCUT2D eigenvalue weighted by Crippen LogP contribution is 2.25. The lowest BCUT2D eigenvalue weighted by atomic mass is 10.2. The van der Waals surface area contributed by atoms with Crippen molar-refractivity contribution in [3.8, 4) is 11.5 Å². The predicted octanol–water partition coefficient (Wildman–Crippen LogP) is 5.00. The van der Waals surface area contributed by atoms with Gasteiger partial charge < -0.3 is 9.47 Å². The molecule has 108 valence electrons. The van der Waals surface area contributed by atoms with Gasteiger partial charge in [-0.1, -0.05) is 31.7 Å². The van der Waals surface area contributed by atoms with Gasteiger partial charge in [0, 0.05) is 0 Å². The van der Waals surface area contributed by atoms with E-state index in [4.69, 9.17) is 4.74 Å². The summed E-state index contributed by atoms with van der Waals surface area (Å²) in [4.78, 5) is 0. The van der Waals surface area contributed by atoms with Crippen LogP contribution < -0.4 is 9.47 Å². The van der Waals surface area contributed by atoms with E-state index in [1.54, 1.807) is 12.2 Å². The second kappa shape index (κ2) is 6.84. The van der Waals surface area contributed by atoms with Crippen molar-refractivity contribution in [2.75, 3.05) is 0 Å². The first-order valence-electron chi connectivity index (χ1n) is 5.88. The first kappa shape index (κ1) is 15.9. The summed E-state index contributed by atoms with van der Waals surface area (Å²) in [7, 11) is 0. The van der Waals surface area contributed by atoms with Gasteiger partial charge in [-0.2, -0.15) is 0 Å². The maximum absolute atomic E-state index is 12.0. The quantitative estimate of drug-likeness (QED) is 0.540. The molecule has 0 bridgehead atoms. The molecule has 0 aliphatic rings. The number of alkyl halides is 3. The molecule has 0 spiro atoms. The number of benzene rings is 1. The van der Waals surface area contributed by atoms with Crippen LogP contribution >= 0.6 is 0 Å². The van der Waals surface area contributed by atoms with Gasteiger partial charge in [-0.15, -0.1) is 13.2 Å².